The van der Waals surface area contributed by atoms with Crippen LogP contribution in [0.2, 0.25) is 0 Å². The number of aliphatic imine (C=N–C) groups is 1. The highest BCUT2D eigenvalue weighted by Crippen LogP contribution is 2.25. The molecule has 0 spiro atoms. The normalized spacial score (nSPS) is 17.1. The van der Waals surface area contributed by atoms with Gasteiger partial charge in [-0.3, -0.25) is 9.79 Å². The van der Waals surface area contributed by atoms with Crippen molar-refractivity contribution in [1.82, 2.24) is 20.2 Å². The molecule has 1 atom stereocenters. The van der Waals surface area contributed by atoms with Gasteiger partial charge in [0.2, 0.25) is 5.91 Å². The van der Waals surface area contributed by atoms with Crippen molar-refractivity contribution in [2.75, 3.05) is 33.0 Å². The van der Waals surface area contributed by atoms with E-state index in [-0.39, 0.29) is 11.9 Å². The Morgan fingerprint density at radius 2 is 2.18 bits per heavy atom. The van der Waals surface area contributed by atoms with Crippen LogP contribution in [0.25, 0.3) is 17.0 Å². The zero-order chi connectivity index (χ0) is 23.8. The molecular formula is C26H32N6O. The van der Waals surface area contributed by atoms with Crippen molar-refractivity contribution in [2.24, 2.45) is 4.99 Å². The molecule has 2 aromatic rings. The molecule has 1 amide bonds. The standard InChI is InChI=1S/C26H32N6O/c1-6-9-23(27-3)22-16-29-25(31-26(22)30-21-12-13-24(33)28-15-21)20-11-8-10-19(14-20)18(7-2)17-32(4)5/h6-11,14,16-17,21H,2,12-13,15H2,1,3-5H3,(H,28,33)(H,29,30,31)/b9-6-,18-17+,27-23+. The minimum absolute atomic E-state index is 0.0852. The summed E-state index contributed by atoms with van der Waals surface area (Å²) in [7, 11) is 5.72. The van der Waals surface area contributed by atoms with Crippen LogP contribution in [-0.4, -0.2) is 60.2 Å². The Bertz CT molecular complexity index is 1090. The molecule has 0 bridgehead atoms. The lowest BCUT2D eigenvalue weighted by Gasteiger charge is -2.25. The Labute approximate surface area is 196 Å². The number of anilines is 1. The van der Waals surface area contributed by atoms with Crippen LogP contribution in [0.4, 0.5) is 5.82 Å². The van der Waals surface area contributed by atoms with Crippen LogP contribution in [0.3, 0.4) is 0 Å². The first-order valence-electron chi connectivity index (χ1n) is 11.1. The highest BCUT2D eigenvalue weighted by molar-refractivity contribution is 6.11. The number of hydrogen-bond acceptors (Lipinski definition) is 6. The van der Waals surface area contributed by atoms with Crippen LogP contribution in [0.5, 0.6) is 0 Å². The van der Waals surface area contributed by atoms with E-state index in [0.717, 1.165) is 34.4 Å². The summed E-state index contributed by atoms with van der Waals surface area (Å²) in [4.78, 5) is 27.5. The molecule has 7 nitrogen and oxygen atoms in total. The van der Waals surface area contributed by atoms with Crippen molar-refractivity contribution in [2.45, 2.75) is 25.8 Å². The predicted molar refractivity (Wildman–Crippen MR) is 136 cm³/mol. The SMILES string of the molecule is C=C/C(=C\N(C)C)c1cccc(-c2ncc(C(/C=C\C)=N/C)c(NC3CCC(=O)NC3)n2)c1. The van der Waals surface area contributed by atoms with E-state index < -0.39 is 0 Å². The van der Waals surface area contributed by atoms with E-state index in [1.54, 1.807) is 7.05 Å². The third kappa shape index (κ3) is 6.16. The number of allylic oxidation sites excluding steroid dienone is 4. The van der Waals surface area contributed by atoms with E-state index in [2.05, 4.69) is 33.3 Å². The highest BCUT2D eigenvalue weighted by Gasteiger charge is 2.21. The quantitative estimate of drug-likeness (QED) is 0.476. The Morgan fingerprint density at radius 3 is 2.82 bits per heavy atom. The van der Waals surface area contributed by atoms with Crippen molar-refractivity contribution in [3.8, 4) is 11.4 Å². The minimum atomic E-state index is 0.0852. The van der Waals surface area contributed by atoms with Gasteiger partial charge in [-0.25, -0.2) is 9.97 Å². The lowest BCUT2D eigenvalue weighted by molar-refractivity contribution is -0.122. The topological polar surface area (TPSA) is 82.5 Å². The molecule has 7 heteroatoms. The van der Waals surface area contributed by atoms with Gasteiger partial charge in [0.1, 0.15) is 5.82 Å². The summed E-state index contributed by atoms with van der Waals surface area (Å²) in [5.74, 6) is 1.41. The van der Waals surface area contributed by atoms with E-state index in [4.69, 9.17) is 4.98 Å². The second-order valence-electron chi connectivity index (χ2n) is 8.08. The number of rotatable bonds is 8. The minimum Gasteiger partial charge on any atom is -0.383 e. The van der Waals surface area contributed by atoms with Crippen molar-refractivity contribution in [3.63, 3.8) is 0 Å². The number of carbonyl (C=O) groups is 1. The molecule has 2 N–H and O–H groups in total. The lowest BCUT2D eigenvalue weighted by atomic mass is 10.0. The Morgan fingerprint density at radius 1 is 1.36 bits per heavy atom. The fourth-order valence-corrected chi connectivity index (χ4v) is 3.67. The van der Waals surface area contributed by atoms with Crippen LogP contribution >= 0.6 is 0 Å². The van der Waals surface area contributed by atoms with Gasteiger partial charge in [0.15, 0.2) is 5.82 Å². The summed E-state index contributed by atoms with van der Waals surface area (Å²) in [5, 5.41) is 6.43. The smallest absolute Gasteiger partial charge is 0.220 e. The first-order valence-corrected chi connectivity index (χ1v) is 11.1. The molecule has 3 rings (SSSR count). The number of hydrogen-bond donors (Lipinski definition) is 2. The zero-order valence-corrected chi connectivity index (χ0v) is 19.8. The first kappa shape index (κ1) is 23.9. The van der Waals surface area contributed by atoms with Gasteiger partial charge >= 0.3 is 0 Å². The van der Waals surface area contributed by atoms with Gasteiger partial charge < -0.3 is 15.5 Å². The molecule has 1 fully saturated rings. The Kier molecular flexibility index (Phi) is 8.13. The Hall–Kier alpha value is -3.74. The number of amides is 1. The molecule has 1 unspecified atom stereocenters. The summed E-state index contributed by atoms with van der Waals surface area (Å²) in [5.41, 5.74) is 4.59. The maximum Gasteiger partial charge on any atom is 0.220 e. The molecule has 1 saturated heterocycles. The number of piperidine rings is 1. The first-order chi connectivity index (χ1) is 15.9. The average molecular weight is 445 g/mol. The zero-order valence-electron chi connectivity index (χ0n) is 19.8. The van der Waals surface area contributed by atoms with Crippen LogP contribution in [0.1, 0.15) is 30.9 Å². The van der Waals surface area contributed by atoms with Gasteiger partial charge in [-0.05, 0) is 36.6 Å². The van der Waals surface area contributed by atoms with Crippen LogP contribution < -0.4 is 10.6 Å². The average Bonchev–Trinajstić information content (AvgIpc) is 2.82. The second-order valence-corrected chi connectivity index (χ2v) is 8.08. The van der Waals surface area contributed by atoms with Crippen molar-refractivity contribution >= 4 is 23.0 Å². The molecule has 1 aliphatic heterocycles. The molecule has 1 aromatic heterocycles. The third-order valence-electron chi connectivity index (χ3n) is 5.31. The molecular weight excluding hydrogens is 412 g/mol. The summed E-state index contributed by atoms with van der Waals surface area (Å²) >= 11 is 0. The van der Waals surface area contributed by atoms with Crippen molar-refractivity contribution in [3.05, 3.63) is 72.6 Å². The van der Waals surface area contributed by atoms with Gasteiger partial charge in [0.25, 0.3) is 0 Å². The molecule has 172 valence electrons. The van der Waals surface area contributed by atoms with Gasteiger partial charge in [0.05, 0.1) is 11.3 Å². The van der Waals surface area contributed by atoms with Gasteiger partial charge in [-0.1, -0.05) is 36.9 Å². The number of nitrogens with one attached hydrogen (secondary N) is 2. The largest absolute Gasteiger partial charge is 0.383 e. The molecule has 2 heterocycles. The fourth-order valence-electron chi connectivity index (χ4n) is 3.67. The number of benzene rings is 1. The van der Waals surface area contributed by atoms with Crippen LogP contribution in [0, 0.1) is 0 Å². The fraction of sp³-hybridized carbons (Fsp3) is 0.308. The van der Waals surface area contributed by atoms with E-state index in [9.17, 15) is 4.79 Å². The van der Waals surface area contributed by atoms with Crippen molar-refractivity contribution < 1.29 is 4.79 Å². The summed E-state index contributed by atoms with van der Waals surface area (Å²) in [6, 6.07) is 8.21. The molecule has 0 radical (unpaired) electrons. The highest BCUT2D eigenvalue weighted by atomic mass is 16.1. The van der Waals surface area contributed by atoms with E-state index >= 15 is 0 Å². The molecule has 1 aromatic carbocycles. The summed E-state index contributed by atoms with van der Waals surface area (Å²) in [6.07, 6.45) is 10.8. The number of aromatic nitrogens is 2. The van der Waals surface area contributed by atoms with Gasteiger partial charge in [0, 0.05) is 58.1 Å². The van der Waals surface area contributed by atoms with Crippen molar-refractivity contribution in [1.29, 1.82) is 0 Å². The Balaban J connectivity index is 2.02. The maximum atomic E-state index is 11.6. The molecule has 0 aliphatic carbocycles. The predicted octanol–water partition coefficient (Wildman–Crippen LogP) is 3.92. The van der Waals surface area contributed by atoms with Gasteiger partial charge in [-0.15, -0.1) is 0 Å². The monoisotopic (exact) mass is 444 g/mol. The van der Waals surface area contributed by atoms with Gasteiger partial charge in [-0.2, -0.15) is 0 Å². The molecule has 1 aliphatic rings. The maximum absolute atomic E-state index is 11.6. The van der Waals surface area contributed by atoms with E-state index in [1.807, 2.05) is 74.7 Å². The third-order valence-corrected chi connectivity index (χ3v) is 5.31. The van der Waals surface area contributed by atoms with Crippen LogP contribution in [0.15, 0.2) is 66.5 Å². The lowest BCUT2D eigenvalue weighted by Crippen LogP contribution is -2.42. The summed E-state index contributed by atoms with van der Waals surface area (Å²) < 4.78 is 0. The summed E-state index contributed by atoms with van der Waals surface area (Å²) in [6.45, 7) is 6.46. The molecule has 0 saturated carbocycles. The van der Waals surface area contributed by atoms with E-state index in [0.29, 0.717) is 24.6 Å². The molecule has 33 heavy (non-hydrogen) atoms. The number of carbonyl (C=O) groups excluding carboxylic acids is 1. The second kappa shape index (κ2) is 11.2. The number of nitrogens with zero attached hydrogens (tertiary/aromatic N) is 4. The van der Waals surface area contributed by atoms with Crippen LogP contribution in [-0.2, 0) is 4.79 Å². The van der Waals surface area contributed by atoms with E-state index in [1.165, 1.54) is 0 Å².